The van der Waals surface area contributed by atoms with Crippen LogP contribution in [0.3, 0.4) is 0 Å². The molecule has 0 aromatic heterocycles. The lowest BCUT2D eigenvalue weighted by Gasteiger charge is -2.12. The second-order valence-corrected chi connectivity index (χ2v) is 5.49. The number of methoxy groups -OCH3 is 1. The third kappa shape index (κ3) is 5.63. The fourth-order valence-corrected chi connectivity index (χ4v) is 2.20. The Morgan fingerprint density at radius 2 is 1.50 bits per heavy atom. The van der Waals surface area contributed by atoms with Gasteiger partial charge >= 0.3 is 0 Å². The minimum atomic E-state index is -0.638. The SMILES string of the molecule is CCOc1ccc(C(=O)NNC(=O)c2ccc(OCC(N)=O)c(OC)c2)cc1. The zero-order valence-electron chi connectivity index (χ0n) is 15.5. The third-order valence-corrected chi connectivity index (χ3v) is 3.51. The second kappa shape index (κ2) is 9.81. The Bertz CT molecular complexity index is 851. The van der Waals surface area contributed by atoms with Crippen molar-refractivity contribution >= 4 is 17.7 Å². The Balaban J connectivity index is 1.98. The summed E-state index contributed by atoms with van der Waals surface area (Å²) in [7, 11) is 1.39. The van der Waals surface area contributed by atoms with E-state index in [0.29, 0.717) is 17.9 Å². The molecule has 2 rings (SSSR count). The minimum Gasteiger partial charge on any atom is -0.494 e. The Hall–Kier alpha value is -3.75. The van der Waals surface area contributed by atoms with Crippen molar-refractivity contribution in [3.05, 3.63) is 53.6 Å². The first-order valence-electron chi connectivity index (χ1n) is 8.37. The van der Waals surface area contributed by atoms with Gasteiger partial charge < -0.3 is 19.9 Å². The Labute approximate surface area is 161 Å². The Kier molecular flexibility index (Phi) is 7.21. The summed E-state index contributed by atoms with van der Waals surface area (Å²) < 4.78 is 15.6. The number of nitrogens with one attached hydrogen (secondary N) is 2. The molecular formula is C19H21N3O6. The number of hydrogen-bond acceptors (Lipinski definition) is 6. The number of benzene rings is 2. The molecule has 0 atom stereocenters. The monoisotopic (exact) mass is 387 g/mol. The van der Waals surface area contributed by atoms with E-state index < -0.39 is 17.7 Å². The van der Waals surface area contributed by atoms with Crippen LogP contribution in [-0.4, -0.2) is 38.0 Å². The highest BCUT2D eigenvalue weighted by molar-refractivity contribution is 5.99. The quantitative estimate of drug-likeness (QED) is 0.580. The van der Waals surface area contributed by atoms with Crippen LogP contribution < -0.4 is 30.8 Å². The molecule has 0 bridgehead atoms. The van der Waals surface area contributed by atoms with Crippen LogP contribution in [0.25, 0.3) is 0 Å². The maximum atomic E-state index is 12.2. The molecule has 9 nitrogen and oxygen atoms in total. The summed E-state index contributed by atoms with van der Waals surface area (Å²) in [5.41, 5.74) is 10.3. The number of hydrazine groups is 1. The van der Waals surface area contributed by atoms with Crippen molar-refractivity contribution in [2.75, 3.05) is 20.3 Å². The molecule has 3 amide bonds. The van der Waals surface area contributed by atoms with Crippen LogP contribution >= 0.6 is 0 Å². The molecule has 0 heterocycles. The molecule has 0 saturated carbocycles. The number of primary amides is 1. The van der Waals surface area contributed by atoms with Crippen LogP contribution in [-0.2, 0) is 4.79 Å². The van der Waals surface area contributed by atoms with E-state index in [9.17, 15) is 14.4 Å². The van der Waals surface area contributed by atoms with Crippen molar-refractivity contribution in [1.29, 1.82) is 0 Å². The zero-order valence-corrected chi connectivity index (χ0v) is 15.5. The maximum absolute atomic E-state index is 12.2. The number of carbonyl (C=O) groups excluding carboxylic acids is 3. The summed E-state index contributed by atoms with van der Waals surface area (Å²) in [6.45, 7) is 2.07. The van der Waals surface area contributed by atoms with Gasteiger partial charge in [0.25, 0.3) is 17.7 Å². The molecule has 0 spiro atoms. The van der Waals surface area contributed by atoms with Gasteiger partial charge in [-0.25, -0.2) is 0 Å². The number of ether oxygens (including phenoxy) is 3. The second-order valence-electron chi connectivity index (χ2n) is 5.49. The molecule has 0 aliphatic rings. The van der Waals surface area contributed by atoms with E-state index in [1.807, 2.05) is 6.92 Å². The molecule has 9 heteroatoms. The summed E-state index contributed by atoms with van der Waals surface area (Å²) in [6.07, 6.45) is 0. The van der Waals surface area contributed by atoms with Crippen LogP contribution in [0, 0.1) is 0 Å². The van der Waals surface area contributed by atoms with Crippen LogP contribution in [0.5, 0.6) is 17.2 Å². The van der Waals surface area contributed by atoms with E-state index in [4.69, 9.17) is 19.9 Å². The molecule has 4 N–H and O–H groups in total. The molecular weight excluding hydrogens is 366 g/mol. The fourth-order valence-electron chi connectivity index (χ4n) is 2.20. The van der Waals surface area contributed by atoms with Crippen LogP contribution in [0.4, 0.5) is 0 Å². The highest BCUT2D eigenvalue weighted by atomic mass is 16.5. The Morgan fingerprint density at radius 1 is 0.893 bits per heavy atom. The first-order valence-corrected chi connectivity index (χ1v) is 8.37. The molecule has 148 valence electrons. The molecule has 0 fully saturated rings. The van der Waals surface area contributed by atoms with Crippen LogP contribution in [0.15, 0.2) is 42.5 Å². The van der Waals surface area contributed by atoms with Crippen LogP contribution in [0.1, 0.15) is 27.6 Å². The van der Waals surface area contributed by atoms with Crippen molar-refractivity contribution in [3.63, 3.8) is 0 Å². The van der Waals surface area contributed by atoms with E-state index in [0.717, 1.165) is 0 Å². The van der Waals surface area contributed by atoms with E-state index in [1.165, 1.54) is 25.3 Å². The van der Waals surface area contributed by atoms with Crippen molar-refractivity contribution in [2.45, 2.75) is 6.92 Å². The van der Waals surface area contributed by atoms with Gasteiger partial charge in [-0.2, -0.15) is 0 Å². The van der Waals surface area contributed by atoms with Crippen molar-refractivity contribution in [1.82, 2.24) is 10.9 Å². The number of carbonyl (C=O) groups is 3. The average Bonchev–Trinajstić information content (AvgIpc) is 2.70. The fraction of sp³-hybridized carbons (Fsp3) is 0.211. The van der Waals surface area contributed by atoms with Gasteiger partial charge in [0.1, 0.15) is 5.75 Å². The van der Waals surface area contributed by atoms with E-state index in [2.05, 4.69) is 10.9 Å². The first-order chi connectivity index (χ1) is 13.4. The molecule has 0 unspecified atom stereocenters. The van der Waals surface area contributed by atoms with E-state index >= 15 is 0 Å². The molecule has 0 aliphatic carbocycles. The van der Waals surface area contributed by atoms with Crippen LogP contribution in [0.2, 0.25) is 0 Å². The summed E-state index contributed by atoms with van der Waals surface area (Å²) >= 11 is 0. The lowest BCUT2D eigenvalue weighted by molar-refractivity contribution is -0.119. The lowest BCUT2D eigenvalue weighted by Crippen LogP contribution is -2.41. The van der Waals surface area contributed by atoms with Gasteiger partial charge in [0, 0.05) is 11.1 Å². The maximum Gasteiger partial charge on any atom is 0.269 e. The molecule has 0 radical (unpaired) electrons. The van der Waals surface area contributed by atoms with E-state index in [1.54, 1.807) is 24.3 Å². The third-order valence-electron chi connectivity index (χ3n) is 3.51. The molecule has 2 aromatic carbocycles. The largest absolute Gasteiger partial charge is 0.494 e. The predicted octanol–water partition coefficient (Wildman–Crippen LogP) is 1.03. The number of rotatable bonds is 8. The summed E-state index contributed by atoms with van der Waals surface area (Å²) in [6, 6.07) is 10.8. The van der Waals surface area contributed by atoms with Gasteiger partial charge in [-0.15, -0.1) is 0 Å². The van der Waals surface area contributed by atoms with E-state index in [-0.39, 0.29) is 23.7 Å². The highest BCUT2D eigenvalue weighted by Crippen LogP contribution is 2.27. The molecule has 0 aliphatic heterocycles. The van der Waals surface area contributed by atoms with Gasteiger partial charge in [-0.3, -0.25) is 25.2 Å². The Morgan fingerprint density at radius 3 is 2.07 bits per heavy atom. The van der Waals surface area contributed by atoms with Gasteiger partial charge in [-0.1, -0.05) is 0 Å². The zero-order chi connectivity index (χ0) is 20.5. The van der Waals surface area contributed by atoms with Gasteiger partial charge in [0.15, 0.2) is 18.1 Å². The van der Waals surface area contributed by atoms with Crippen molar-refractivity contribution < 1.29 is 28.6 Å². The summed E-state index contributed by atoms with van der Waals surface area (Å²) in [4.78, 5) is 35.2. The molecule has 28 heavy (non-hydrogen) atoms. The summed E-state index contributed by atoms with van der Waals surface area (Å²) in [5.74, 6) is -0.526. The lowest BCUT2D eigenvalue weighted by atomic mass is 10.2. The number of hydrogen-bond donors (Lipinski definition) is 3. The van der Waals surface area contributed by atoms with Crippen molar-refractivity contribution in [2.24, 2.45) is 5.73 Å². The number of nitrogens with two attached hydrogens (primary N) is 1. The predicted molar refractivity (Wildman–Crippen MR) is 100 cm³/mol. The smallest absolute Gasteiger partial charge is 0.269 e. The first kappa shape index (κ1) is 20.6. The molecule has 0 saturated heterocycles. The topological polar surface area (TPSA) is 129 Å². The highest BCUT2D eigenvalue weighted by Gasteiger charge is 2.13. The van der Waals surface area contributed by atoms with Gasteiger partial charge in [0.05, 0.1) is 13.7 Å². The number of amides is 3. The molecule has 2 aromatic rings. The summed E-state index contributed by atoms with van der Waals surface area (Å²) in [5, 5.41) is 0. The normalized spacial score (nSPS) is 9.93. The van der Waals surface area contributed by atoms with Gasteiger partial charge in [0.2, 0.25) is 0 Å². The van der Waals surface area contributed by atoms with Gasteiger partial charge in [-0.05, 0) is 49.4 Å². The average molecular weight is 387 g/mol. The van der Waals surface area contributed by atoms with Crippen molar-refractivity contribution in [3.8, 4) is 17.2 Å². The standard InChI is InChI=1S/C19H21N3O6/c1-3-27-14-7-4-12(5-8-14)18(24)21-22-19(25)13-6-9-15(16(10-13)26-2)28-11-17(20)23/h4-10H,3,11H2,1-2H3,(H2,20,23)(H,21,24)(H,22,25). The minimum absolute atomic E-state index is 0.218.